The van der Waals surface area contributed by atoms with E-state index in [1.807, 2.05) is 43.9 Å². The van der Waals surface area contributed by atoms with E-state index in [1.165, 1.54) is 0 Å². The number of anilines is 2. The molecule has 2 amide bonds. The quantitative estimate of drug-likeness (QED) is 0.847. The molecule has 0 bridgehead atoms. The van der Waals surface area contributed by atoms with Gasteiger partial charge in [0.2, 0.25) is 11.8 Å². The largest absolute Gasteiger partial charge is 0.374 e. The van der Waals surface area contributed by atoms with Crippen LogP contribution in [0.4, 0.5) is 11.4 Å². The van der Waals surface area contributed by atoms with Gasteiger partial charge in [0, 0.05) is 30.9 Å². The Morgan fingerprint density at radius 3 is 2.52 bits per heavy atom. The first-order valence-corrected chi connectivity index (χ1v) is 8.47. The zero-order valence-corrected chi connectivity index (χ0v) is 14.3. The number of amides is 2. The van der Waals surface area contributed by atoms with Crippen molar-refractivity contribution in [1.82, 2.24) is 4.90 Å². The summed E-state index contributed by atoms with van der Waals surface area (Å²) in [5.74, 6) is 0.163. The summed E-state index contributed by atoms with van der Waals surface area (Å²) in [7, 11) is 0. The van der Waals surface area contributed by atoms with Crippen LogP contribution in [-0.4, -0.2) is 35.8 Å². The normalized spacial score (nSPS) is 15.3. The van der Waals surface area contributed by atoms with Crippen molar-refractivity contribution in [3.05, 3.63) is 23.8 Å². The van der Waals surface area contributed by atoms with Crippen molar-refractivity contribution in [2.45, 2.75) is 52.5 Å². The van der Waals surface area contributed by atoms with Crippen molar-refractivity contribution >= 4 is 23.2 Å². The minimum Gasteiger partial charge on any atom is -0.374 e. The first-order valence-electron chi connectivity index (χ1n) is 8.47. The molecule has 23 heavy (non-hydrogen) atoms. The Morgan fingerprint density at radius 2 is 1.87 bits per heavy atom. The second-order valence-corrected chi connectivity index (χ2v) is 6.17. The lowest BCUT2D eigenvalue weighted by Crippen LogP contribution is -2.39. The Kier molecular flexibility index (Phi) is 6.02. The predicted octanol–water partition coefficient (Wildman–Crippen LogP) is 3.16. The average molecular weight is 317 g/mol. The predicted molar refractivity (Wildman–Crippen MR) is 93.6 cm³/mol. The third kappa shape index (κ3) is 4.47. The molecule has 0 saturated carbocycles. The van der Waals surface area contributed by atoms with Crippen molar-refractivity contribution in [2.75, 3.05) is 23.7 Å². The van der Waals surface area contributed by atoms with Gasteiger partial charge >= 0.3 is 0 Å². The molecular formula is C18H27N3O2. The lowest BCUT2D eigenvalue weighted by atomic mass is 10.1. The molecule has 1 unspecified atom stereocenters. The molecule has 0 radical (unpaired) electrons. The number of hydrogen-bond donors (Lipinski definition) is 2. The van der Waals surface area contributed by atoms with Gasteiger partial charge in [-0.15, -0.1) is 0 Å². The van der Waals surface area contributed by atoms with Gasteiger partial charge in [-0.1, -0.05) is 13.0 Å². The highest BCUT2D eigenvalue weighted by atomic mass is 16.2. The van der Waals surface area contributed by atoms with Gasteiger partial charge in [-0.25, -0.2) is 0 Å². The molecule has 1 aliphatic heterocycles. The van der Waals surface area contributed by atoms with Crippen LogP contribution in [-0.2, 0) is 9.59 Å². The van der Waals surface area contributed by atoms with E-state index in [1.54, 1.807) is 0 Å². The SMILES string of the molecule is CCCC(=O)Nc1cccc(NC(C)C(=O)N2CCCC2)c1C. The van der Waals surface area contributed by atoms with Crippen LogP contribution < -0.4 is 10.6 Å². The second-order valence-electron chi connectivity index (χ2n) is 6.17. The maximum atomic E-state index is 12.4. The maximum Gasteiger partial charge on any atom is 0.244 e. The highest BCUT2D eigenvalue weighted by Gasteiger charge is 2.23. The van der Waals surface area contributed by atoms with E-state index < -0.39 is 0 Å². The zero-order chi connectivity index (χ0) is 16.8. The smallest absolute Gasteiger partial charge is 0.244 e. The van der Waals surface area contributed by atoms with Gasteiger partial charge in [-0.3, -0.25) is 9.59 Å². The van der Waals surface area contributed by atoms with Crippen LogP contribution in [0.25, 0.3) is 0 Å². The Balaban J connectivity index is 2.04. The molecule has 1 heterocycles. The number of hydrogen-bond acceptors (Lipinski definition) is 3. The average Bonchev–Trinajstić information content (AvgIpc) is 3.05. The molecule has 0 aliphatic carbocycles. The van der Waals surface area contributed by atoms with Crippen LogP contribution in [0.1, 0.15) is 45.1 Å². The second kappa shape index (κ2) is 7.99. The number of benzene rings is 1. The monoisotopic (exact) mass is 317 g/mol. The number of carbonyl (C=O) groups excluding carboxylic acids is 2. The van der Waals surface area contributed by atoms with Crippen LogP contribution in [0.3, 0.4) is 0 Å². The molecule has 1 fully saturated rings. The fourth-order valence-electron chi connectivity index (χ4n) is 2.87. The first-order chi connectivity index (χ1) is 11.0. The lowest BCUT2D eigenvalue weighted by Gasteiger charge is -2.23. The van der Waals surface area contributed by atoms with E-state index in [0.29, 0.717) is 6.42 Å². The van der Waals surface area contributed by atoms with Crippen LogP contribution in [0.5, 0.6) is 0 Å². The highest BCUT2D eigenvalue weighted by Crippen LogP contribution is 2.24. The summed E-state index contributed by atoms with van der Waals surface area (Å²) in [6.07, 6.45) is 3.53. The van der Waals surface area contributed by atoms with E-state index in [4.69, 9.17) is 0 Å². The fraction of sp³-hybridized carbons (Fsp3) is 0.556. The molecule has 1 aliphatic rings. The standard InChI is InChI=1S/C18H27N3O2/c1-4-8-17(22)20-16-10-7-9-15(13(16)2)19-14(3)18(23)21-11-5-6-12-21/h7,9-10,14,19H,4-6,8,11-12H2,1-3H3,(H,20,22). The third-order valence-corrected chi connectivity index (χ3v) is 4.25. The van der Waals surface area contributed by atoms with Gasteiger partial charge < -0.3 is 15.5 Å². The van der Waals surface area contributed by atoms with Crippen LogP contribution in [0.15, 0.2) is 18.2 Å². The van der Waals surface area contributed by atoms with Gasteiger partial charge in [0.1, 0.15) is 6.04 Å². The zero-order valence-electron chi connectivity index (χ0n) is 14.3. The molecule has 1 aromatic rings. The molecule has 1 saturated heterocycles. The Hall–Kier alpha value is -2.04. The van der Waals surface area contributed by atoms with E-state index >= 15 is 0 Å². The van der Waals surface area contributed by atoms with E-state index in [9.17, 15) is 9.59 Å². The van der Waals surface area contributed by atoms with Crippen molar-refractivity contribution in [3.8, 4) is 0 Å². The van der Waals surface area contributed by atoms with Crippen molar-refractivity contribution in [1.29, 1.82) is 0 Å². The van der Waals surface area contributed by atoms with Crippen LogP contribution in [0.2, 0.25) is 0 Å². The number of likely N-dealkylation sites (tertiary alicyclic amines) is 1. The molecule has 2 rings (SSSR count). The third-order valence-electron chi connectivity index (χ3n) is 4.25. The summed E-state index contributed by atoms with van der Waals surface area (Å²) >= 11 is 0. The van der Waals surface area contributed by atoms with Gasteiger partial charge in [0.05, 0.1) is 0 Å². The van der Waals surface area contributed by atoms with Crippen LogP contribution >= 0.6 is 0 Å². The summed E-state index contributed by atoms with van der Waals surface area (Å²) in [5, 5.41) is 6.22. The number of nitrogens with zero attached hydrogens (tertiary/aromatic N) is 1. The molecule has 5 nitrogen and oxygen atoms in total. The summed E-state index contributed by atoms with van der Waals surface area (Å²) in [6.45, 7) is 7.54. The summed E-state index contributed by atoms with van der Waals surface area (Å²) < 4.78 is 0. The molecular weight excluding hydrogens is 290 g/mol. The summed E-state index contributed by atoms with van der Waals surface area (Å²) in [5.41, 5.74) is 2.65. The fourth-order valence-corrected chi connectivity index (χ4v) is 2.87. The molecule has 0 aromatic heterocycles. The lowest BCUT2D eigenvalue weighted by molar-refractivity contribution is -0.130. The molecule has 5 heteroatoms. The summed E-state index contributed by atoms with van der Waals surface area (Å²) in [6, 6.07) is 5.46. The maximum absolute atomic E-state index is 12.4. The van der Waals surface area contributed by atoms with E-state index in [2.05, 4.69) is 10.6 Å². The minimum atomic E-state index is -0.270. The van der Waals surface area contributed by atoms with E-state index in [0.717, 1.165) is 49.3 Å². The number of rotatable bonds is 6. The molecule has 1 aromatic carbocycles. The molecule has 126 valence electrons. The Labute approximate surface area is 138 Å². The summed E-state index contributed by atoms with van der Waals surface area (Å²) in [4.78, 5) is 26.1. The van der Waals surface area contributed by atoms with Gasteiger partial charge in [-0.2, -0.15) is 0 Å². The molecule has 2 N–H and O–H groups in total. The van der Waals surface area contributed by atoms with Crippen molar-refractivity contribution < 1.29 is 9.59 Å². The van der Waals surface area contributed by atoms with Crippen LogP contribution in [0, 0.1) is 6.92 Å². The molecule has 0 spiro atoms. The Morgan fingerprint density at radius 1 is 1.22 bits per heavy atom. The molecule has 1 atom stereocenters. The van der Waals surface area contributed by atoms with Gasteiger partial charge in [0.15, 0.2) is 0 Å². The topological polar surface area (TPSA) is 61.4 Å². The Bertz CT molecular complexity index is 565. The van der Waals surface area contributed by atoms with Crippen molar-refractivity contribution in [3.63, 3.8) is 0 Å². The number of nitrogens with one attached hydrogen (secondary N) is 2. The first kappa shape index (κ1) is 17.3. The highest BCUT2D eigenvalue weighted by molar-refractivity contribution is 5.92. The van der Waals surface area contributed by atoms with E-state index in [-0.39, 0.29) is 17.9 Å². The van der Waals surface area contributed by atoms with Crippen molar-refractivity contribution in [2.24, 2.45) is 0 Å². The number of carbonyl (C=O) groups is 2. The van der Waals surface area contributed by atoms with Gasteiger partial charge in [-0.05, 0) is 50.8 Å². The van der Waals surface area contributed by atoms with Gasteiger partial charge in [0.25, 0.3) is 0 Å². The minimum absolute atomic E-state index is 0.0222.